The zero-order chi connectivity index (χ0) is 15.6. The zero-order valence-corrected chi connectivity index (χ0v) is 13.5. The molecule has 1 aliphatic carbocycles. The van der Waals surface area contributed by atoms with Crippen LogP contribution in [0.1, 0.15) is 37.7 Å². The molecule has 23 heavy (non-hydrogen) atoms. The van der Waals surface area contributed by atoms with E-state index in [2.05, 4.69) is 41.6 Å². The predicted octanol–water partition coefficient (Wildman–Crippen LogP) is 4.45. The second-order valence-corrected chi connectivity index (χ2v) is 6.49. The van der Waals surface area contributed by atoms with Gasteiger partial charge in [0.15, 0.2) is 5.65 Å². The number of fused-ring (bicyclic) bond motifs is 1. The molecule has 0 amide bonds. The Morgan fingerprint density at radius 2 is 2.00 bits per heavy atom. The van der Waals surface area contributed by atoms with E-state index in [1.54, 1.807) is 0 Å². The highest BCUT2D eigenvalue weighted by Gasteiger charge is 2.14. The van der Waals surface area contributed by atoms with Crippen molar-refractivity contribution in [3.05, 3.63) is 48.3 Å². The van der Waals surface area contributed by atoms with Crippen molar-refractivity contribution < 1.29 is 0 Å². The quantitative estimate of drug-likeness (QED) is 0.777. The van der Waals surface area contributed by atoms with Crippen molar-refractivity contribution in [1.29, 1.82) is 0 Å². The van der Waals surface area contributed by atoms with Gasteiger partial charge in [-0.2, -0.15) is 5.10 Å². The molecule has 0 atom stereocenters. The zero-order valence-electron chi connectivity index (χ0n) is 13.5. The molecule has 1 fully saturated rings. The fourth-order valence-electron chi connectivity index (χ4n) is 3.42. The second-order valence-electron chi connectivity index (χ2n) is 6.49. The average molecular weight is 306 g/mol. The first-order chi connectivity index (χ1) is 11.3. The first-order valence-corrected chi connectivity index (χ1v) is 8.47. The number of aromatic nitrogens is 3. The van der Waals surface area contributed by atoms with Crippen LogP contribution in [0, 0.1) is 6.92 Å². The summed E-state index contributed by atoms with van der Waals surface area (Å²) in [6.45, 7) is 2.11. The minimum atomic E-state index is 0.559. The standard InChI is InChI=1S/C19H22N4/c1-14-6-5-7-15(12-14)17-13-20-23-11-10-18(22-19(17)23)21-16-8-3-2-4-9-16/h5-7,10-13,16H,2-4,8-9H2,1H3,(H,21,22). The molecule has 1 aromatic carbocycles. The van der Waals surface area contributed by atoms with E-state index in [1.165, 1.54) is 43.2 Å². The lowest BCUT2D eigenvalue weighted by Crippen LogP contribution is -2.22. The molecule has 3 aromatic rings. The summed E-state index contributed by atoms with van der Waals surface area (Å²) >= 11 is 0. The Hall–Kier alpha value is -2.36. The van der Waals surface area contributed by atoms with Crippen molar-refractivity contribution >= 4 is 11.5 Å². The topological polar surface area (TPSA) is 42.2 Å². The number of nitrogens with zero attached hydrogens (tertiary/aromatic N) is 3. The number of rotatable bonds is 3. The molecule has 0 radical (unpaired) electrons. The molecule has 1 N–H and O–H groups in total. The van der Waals surface area contributed by atoms with Crippen LogP contribution < -0.4 is 5.32 Å². The van der Waals surface area contributed by atoms with E-state index in [0.29, 0.717) is 6.04 Å². The maximum absolute atomic E-state index is 4.82. The molecule has 2 heterocycles. The molecule has 1 aliphatic rings. The SMILES string of the molecule is Cc1cccc(-c2cnn3ccc(NC4CCCCC4)nc23)c1. The van der Waals surface area contributed by atoms with E-state index in [0.717, 1.165) is 17.0 Å². The van der Waals surface area contributed by atoms with Crippen LogP contribution in [0.4, 0.5) is 5.82 Å². The van der Waals surface area contributed by atoms with Gasteiger partial charge < -0.3 is 5.32 Å². The monoisotopic (exact) mass is 306 g/mol. The third-order valence-electron chi connectivity index (χ3n) is 4.66. The van der Waals surface area contributed by atoms with Gasteiger partial charge in [0.25, 0.3) is 0 Å². The third kappa shape index (κ3) is 2.93. The van der Waals surface area contributed by atoms with Crippen molar-refractivity contribution in [1.82, 2.24) is 14.6 Å². The Bertz CT molecular complexity index is 815. The molecule has 0 aliphatic heterocycles. The lowest BCUT2D eigenvalue weighted by atomic mass is 9.95. The van der Waals surface area contributed by atoms with E-state index in [4.69, 9.17) is 4.98 Å². The van der Waals surface area contributed by atoms with Gasteiger partial charge in [-0.05, 0) is 31.4 Å². The van der Waals surface area contributed by atoms with E-state index in [9.17, 15) is 0 Å². The molecule has 0 spiro atoms. The summed E-state index contributed by atoms with van der Waals surface area (Å²) in [7, 11) is 0. The van der Waals surface area contributed by atoms with E-state index in [1.807, 2.05) is 23.0 Å². The molecule has 0 unspecified atom stereocenters. The molecule has 4 rings (SSSR count). The Kier molecular flexibility index (Phi) is 3.74. The number of aryl methyl sites for hydroxylation is 1. The highest BCUT2D eigenvalue weighted by molar-refractivity contribution is 5.78. The summed E-state index contributed by atoms with van der Waals surface area (Å²) in [6, 6.07) is 11.1. The Morgan fingerprint density at radius 1 is 1.13 bits per heavy atom. The molecule has 4 heteroatoms. The van der Waals surface area contributed by atoms with Crippen LogP contribution >= 0.6 is 0 Å². The molecular weight excluding hydrogens is 284 g/mol. The van der Waals surface area contributed by atoms with Gasteiger partial charge in [0, 0.05) is 17.8 Å². The summed E-state index contributed by atoms with van der Waals surface area (Å²) in [5.74, 6) is 0.957. The molecule has 0 bridgehead atoms. The van der Waals surface area contributed by atoms with Crippen LogP contribution in [0.25, 0.3) is 16.8 Å². The van der Waals surface area contributed by atoms with Crippen LogP contribution in [0.2, 0.25) is 0 Å². The van der Waals surface area contributed by atoms with E-state index in [-0.39, 0.29) is 0 Å². The Balaban J connectivity index is 1.68. The minimum Gasteiger partial charge on any atom is -0.367 e. The number of anilines is 1. The highest BCUT2D eigenvalue weighted by Crippen LogP contribution is 2.26. The van der Waals surface area contributed by atoms with E-state index < -0.39 is 0 Å². The number of benzene rings is 1. The first-order valence-electron chi connectivity index (χ1n) is 8.47. The molecule has 1 saturated carbocycles. The van der Waals surface area contributed by atoms with Crippen LogP contribution in [-0.4, -0.2) is 20.6 Å². The number of hydrogen-bond acceptors (Lipinski definition) is 3. The number of hydrogen-bond donors (Lipinski definition) is 1. The second kappa shape index (κ2) is 6.03. The molecule has 118 valence electrons. The van der Waals surface area contributed by atoms with E-state index >= 15 is 0 Å². The van der Waals surface area contributed by atoms with Crippen LogP contribution in [-0.2, 0) is 0 Å². The maximum atomic E-state index is 4.82. The summed E-state index contributed by atoms with van der Waals surface area (Å²) in [5, 5.41) is 8.04. The molecule has 2 aromatic heterocycles. The van der Waals surface area contributed by atoms with Gasteiger partial charge in [0.1, 0.15) is 5.82 Å². The largest absolute Gasteiger partial charge is 0.367 e. The van der Waals surface area contributed by atoms with Crippen LogP contribution in [0.3, 0.4) is 0 Å². The summed E-state index contributed by atoms with van der Waals surface area (Å²) < 4.78 is 1.85. The summed E-state index contributed by atoms with van der Waals surface area (Å²) in [5.41, 5.74) is 4.41. The predicted molar refractivity (Wildman–Crippen MR) is 93.7 cm³/mol. The van der Waals surface area contributed by atoms with Gasteiger partial charge in [0.2, 0.25) is 0 Å². The Morgan fingerprint density at radius 3 is 2.83 bits per heavy atom. The Labute approximate surface area is 136 Å². The van der Waals surface area contributed by atoms with Crippen molar-refractivity contribution in [2.75, 3.05) is 5.32 Å². The molecular formula is C19H22N4. The third-order valence-corrected chi connectivity index (χ3v) is 4.66. The van der Waals surface area contributed by atoms with Gasteiger partial charge in [-0.15, -0.1) is 0 Å². The summed E-state index contributed by atoms with van der Waals surface area (Å²) in [6.07, 6.45) is 10.4. The lowest BCUT2D eigenvalue weighted by Gasteiger charge is -2.23. The van der Waals surface area contributed by atoms with Crippen molar-refractivity contribution in [3.63, 3.8) is 0 Å². The molecule has 0 saturated heterocycles. The van der Waals surface area contributed by atoms with Gasteiger partial charge in [-0.25, -0.2) is 9.50 Å². The van der Waals surface area contributed by atoms with Crippen molar-refractivity contribution in [2.24, 2.45) is 0 Å². The first kappa shape index (κ1) is 14.2. The number of nitrogens with one attached hydrogen (secondary N) is 1. The average Bonchev–Trinajstić information content (AvgIpc) is 2.99. The van der Waals surface area contributed by atoms with Crippen molar-refractivity contribution in [2.45, 2.75) is 45.1 Å². The van der Waals surface area contributed by atoms with Gasteiger partial charge >= 0.3 is 0 Å². The highest BCUT2D eigenvalue weighted by atomic mass is 15.2. The van der Waals surface area contributed by atoms with Crippen LogP contribution in [0.15, 0.2) is 42.7 Å². The molecule has 4 nitrogen and oxygen atoms in total. The van der Waals surface area contributed by atoms with Crippen LogP contribution in [0.5, 0.6) is 0 Å². The fraction of sp³-hybridized carbons (Fsp3) is 0.368. The smallest absolute Gasteiger partial charge is 0.165 e. The normalized spacial score (nSPS) is 15.9. The maximum Gasteiger partial charge on any atom is 0.165 e. The minimum absolute atomic E-state index is 0.559. The fourth-order valence-corrected chi connectivity index (χ4v) is 3.42. The summed E-state index contributed by atoms with van der Waals surface area (Å²) in [4.78, 5) is 4.82. The van der Waals surface area contributed by atoms with Gasteiger partial charge in [-0.1, -0.05) is 49.1 Å². The van der Waals surface area contributed by atoms with Gasteiger partial charge in [0.05, 0.1) is 6.20 Å². The lowest BCUT2D eigenvalue weighted by molar-refractivity contribution is 0.462. The van der Waals surface area contributed by atoms with Gasteiger partial charge in [-0.3, -0.25) is 0 Å². The van der Waals surface area contributed by atoms with Crippen molar-refractivity contribution in [3.8, 4) is 11.1 Å².